The van der Waals surface area contributed by atoms with Crippen LogP contribution in [0.15, 0.2) is 18.2 Å². The minimum atomic E-state index is -0.00119. The van der Waals surface area contributed by atoms with Crippen molar-refractivity contribution in [2.24, 2.45) is 5.73 Å². The number of anilines is 1. The van der Waals surface area contributed by atoms with Crippen LogP contribution in [0, 0.1) is 6.92 Å². The van der Waals surface area contributed by atoms with Gasteiger partial charge in [-0.15, -0.1) is 0 Å². The average Bonchev–Trinajstić information content (AvgIpc) is 2.29. The molecule has 1 amide bonds. The third kappa shape index (κ3) is 3.55. The predicted molar refractivity (Wildman–Crippen MR) is 64.6 cm³/mol. The van der Waals surface area contributed by atoms with Gasteiger partial charge in [-0.1, -0.05) is 0 Å². The number of nitrogens with two attached hydrogens (primary N) is 1. The van der Waals surface area contributed by atoms with Gasteiger partial charge < -0.3 is 15.8 Å². The van der Waals surface area contributed by atoms with Crippen molar-refractivity contribution in [1.29, 1.82) is 0 Å². The van der Waals surface area contributed by atoms with E-state index in [0.717, 1.165) is 17.0 Å². The Morgan fingerprint density at radius 3 is 2.81 bits per heavy atom. The Bertz CT molecular complexity index is 364. The van der Waals surface area contributed by atoms with Gasteiger partial charge in [-0.05, 0) is 43.7 Å². The lowest BCUT2D eigenvalue weighted by atomic mass is 10.2. The number of carbonyl (C=O) groups is 1. The van der Waals surface area contributed by atoms with Gasteiger partial charge >= 0.3 is 0 Å². The van der Waals surface area contributed by atoms with Crippen LogP contribution in [0.5, 0.6) is 5.75 Å². The molecule has 0 aromatic heterocycles. The monoisotopic (exact) mass is 222 g/mol. The number of ether oxygens (including phenoxy) is 1. The van der Waals surface area contributed by atoms with E-state index in [9.17, 15) is 4.79 Å². The molecule has 88 valence electrons. The van der Waals surface area contributed by atoms with E-state index in [2.05, 4.69) is 5.32 Å². The van der Waals surface area contributed by atoms with E-state index in [4.69, 9.17) is 10.5 Å². The van der Waals surface area contributed by atoms with Crippen LogP contribution in [-0.4, -0.2) is 19.6 Å². The van der Waals surface area contributed by atoms with Crippen LogP contribution in [0.3, 0.4) is 0 Å². The van der Waals surface area contributed by atoms with Crippen LogP contribution in [-0.2, 0) is 4.79 Å². The van der Waals surface area contributed by atoms with Gasteiger partial charge in [-0.3, -0.25) is 4.79 Å². The fourth-order valence-electron chi connectivity index (χ4n) is 1.38. The second-order valence-electron chi connectivity index (χ2n) is 3.62. The maximum absolute atomic E-state index is 11.5. The zero-order valence-corrected chi connectivity index (χ0v) is 9.75. The van der Waals surface area contributed by atoms with Crippen molar-refractivity contribution in [3.05, 3.63) is 23.8 Å². The zero-order chi connectivity index (χ0) is 12.0. The van der Waals surface area contributed by atoms with Crippen molar-refractivity contribution in [2.75, 3.05) is 19.0 Å². The van der Waals surface area contributed by atoms with Gasteiger partial charge in [0, 0.05) is 12.1 Å². The van der Waals surface area contributed by atoms with Crippen LogP contribution < -0.4 is 15.8 Å². The molecule has 4 heteroatoms. The standard InChI is InChI=1S/C12H18N2O2/c1-9-8-10(16-2)5-6-11(9)14-12(15)4-3-7-13/h5-6,8H,3-4,7,13H2,1-2H3,(H,14,15). The molecule has 0 heterocycles. The summed E-state index contributed by atoms with van der Waals surface area (Å²) >= 11 is 0. The van der Waals surface area contributed by atoms with E-state index < -0.39 is 0 Å². The number of rotatable bonds is 5. The van der Waals surface area contributed by atoms with Crippen molar-refractivity contribution >= 4 is 11.6 Å². The molecule has 1 rings (SSSR count). The molecule has 4 nitrogen and oxygen atoms in total. The Labute approximate surface area is 95.8 Å². The molecule has 0 aliphatic heterocycles. The molecule has 0 saturated heterocycles. The molecule has 1 aromatic carbocycles. The summed E-state index contributed by atoms with van der Waals surface area (Å²) in [6, 6.07) is 5.55. The molecule has 16 heavy (non-hydrogen) atoms. The maximum atomic E-state index is 11.5. The van der Waals surface area contributed by atoms with Crippen molar-refractivity contribution in [3.63, 3.8) is 0 Å². The lowest BCUT2D eigenvalue weighted by molar-refractivity contribution is -0.116. The first kappa shape index (κ1) is 12.5. The Morgan fingerprint density at radius 1 is 1.50 bits per heavy atom. The molecular formula is C12H18N2O2. The molecule has 0 spiro atoms. The summed E-state index contributed by atoms with van der Waals surface area (Å²) in [5.41, 5.74) is 7.15. The molecule has 0 atom stereocenters. The first-order valence-corrected chi connectivity index (χ1v) is 5.32. The molecule has 0 aliphatic carbocycles. The summed E-state index contributed by atoms with van der Waals surface area (Å²) in [5.74, 6) is 0.788. The highest BCUT2D eigenvalue weighted by atomic mass is 16.5. The van der Waals surface area contributed by atoms with Crippen LogP contribution in [0.25, 0.3) is 0 Å². The Balaban J connectivity index is 2.63. The van der Waals surface area contributed by atoms with E-state index in [1.165, 1.54) is 0 Å². The number of methoxy groups -OCH3 is 1. The topological polar surface area (TPSA) is 64.3 Å². The second kappa shape index (κ2) is 6.12. The fourth-order valence-corrected chi connectivity index (χ4v) is 1.38. The fraction of sp³-hybridized carbons (Fsp3) is 0.417. The van der Waals surface area contributed by atoms with Crippen LogP contribution >= 0.6 is 0 Å². The van der Waals surface area contributed by atoms with Gasteiger partial charge in [0.25, 0.3) is 0 Å². The van der Waals surface area contributed by atoms with Crippen molar-refractivity contribution in [3.8, 4) is 5.75 Å². The summed E-state index contributed by atoms with van der Waals surface area (Å²) in [4.78, 5) is 11.5. The number of nitrogens with one attached hydrogen (secondary N) is 1. The van der Waals surface area contributed by atoms with Gasteiger partial charge in [0.15, 0.2) is 0 Å². The second-order valence-corrected chi connectivity index (χ2v) is 3.62. The first-order valence-electron chi connectivity index (χ1n) is 5.32. The predicted octanol–water partition coefficient (Wildman–Crippen LogP) is 1.68. The molecule has 0 aliphatic rings. The third-order valence-electron chi connectivity index (χ3n) is 2.32. The Hall–Kier alpha value is -1.55. The Kier molecular flexibility index (Phi) is 4.79. The summed E-state index contributed by atoms with van der Waals surface area (Å²) in [6.45, 7) is 2.47. The highest BCUT2D eigenvalue weighted by Crippen LogP contribution is 2.21. The summed E-state index contributed by atoms with van der Waals surface area (Å²) in [7, 11) is 1.62. The average molecular weight is 222 g/mol. The lowest BCUT2D eigenvalue weighted by Crippen LogP contribution is -2.14. The number of hydrogen-bond donors (Lipinski definition) is 2. The highest BCUT2D eigenvalue weighted by Gasteiger charge is 2.04. The molecule has 0 unspecified atom stereocenters. The zero-order valence-electron chi connectivity index (χ0n) is 9.75. The van der Waals surface area contributed by atoms with Crippen molar-refractivity contribution in [1.82, 2.24) is 0 Å². The normalized spacial score (nSPS) is 9.94. The quantitative estimate of drug-likeness (QED) is 0.796. The van der Waals surface area contributed by atoms with E-state index in [1.807, 2.05) is 25.1 Å². The molecule has 0 radical (unpaired) electrons. The minimum Gasteiger partial charge on any atom is -0.497 e. The van der Waals surface area contributed by atoms with Crippen molar-refractivity contribution in [2.45, 2.75) is 19.8 Å². The third-order valence-corrected chi connectivity index (χ3v) is 2.32. The van der Waals surface area contributed by atoms with Gasteiger partial charge in [0.2, 0.25) is 5.91 Å². The van der Waals surface area contributed by atoms with E-state index in [0.29, 0.717) is 19.4 Å². The minimum absolute atomic E-state index is 0.00119. The van der Waals surface area contributed by atoms with Gasteiger partial charge in [0.05, 0.1) is 7.11 Å². The van der Waals surface area contributed by atoms with E-state index >= 15 is 0 Å². The van der Waals surface area contributed by atoms with E-state index in [1.54, 1.807) is 7.11 Å². The summed E-state index contributed by atoms with van der Waals surface area (Å²) in [5, 5.41) is 2.85. The van der Waals surface area contributed by atoms with Crippen LogP contribution in [0.1, 0.15) is 18.4 Å². The smallest absolute Gasteiger partial charge is 0.224 e. The lowest BCUT2D eigenvalue weighted by Gasteiger charge is -2.09. The summed E-state index contributed by atoms with van der Waals surface area (Å²) < 4.78 is 5.09. The highest BCUT2D eigenvalue weighted by molar-refractivity contribution is 5.91. The van der Waals surface area contributed by atoms with Crippen LogP contribution in [0.4, 0.5) is 5.69 Å². The summed E-state index contributed by atoms with van der Waals surface area (Å²) in [6.07, 6.45) is 1.17. The molecule has 0 bridgehead atoms. The van der Waals surface area contributed by atoms with Gasteiger partial charge in [-0.25, -0.2) is 0 Å². The number of amides is 1. The van der Waals surface area contributed by atoms with Crippen molar-refractivity contribution < 1.29 is 9.53 Å². The molecule has 3 N–H and O–H groups in total. The SMILES string of the molecule is COc1ccc(NC(=O)CCCN)c(C)c1. The number of carbonyl (C=O) groups excluding carboxylic acids is 1. The maximum Gasteiger partial charge on any atom is 0.224 e. The number of benzene rings is 1. The van der Waals surface area contributed by atoms with E-state index in [-0.39, 0.29) is 5.91 Å². The largest absolute Gasteiger partial charge is 0.497 e. The Morgan fingerprint density at radius 2 is 2.25 bits per heavy atom. The molecular weight excluding hydrogens is 204 g/mol. The molecule has 0 fully saturated rings. The number of aryl methyl sites for hydroxylation is 1. The molecule has 0 saturated carbocycles. The first-order chi connectivity index (χ1) is 7.67. The molecule has 1 aromatic rings. The van der Waals surface area contributed by atoms with Gasteiger partial charge in [-0.2, -0.15) is 0 Å². The van der Waals surface area contributed by atoms with Gasteiger partial charge in [0.1, 0.15) is 5.75 Å². The number of hydrogen-bond acceptors (Lipinski definition) is 3. The van der Waals surface area contributed by atoms with Crippen LogP contribution in [0.2, 0.25) is 0 Å².